The van der Waals surface area contributed by atoms with E-state index >= 15 is 0 Å². The number of aliphatic hydroxyl groups is 5. The van der Waals surface area contributed by atoms with Crippen LogP contribution in [0.15, 0.2) is 24.3 Å². The van der Waals surface area contributed by atoms with Crippen LogP contribution >= 0.6 is 0 Å². The zero-order valence-corrected chi connectivity index (χ0v) is 19.7. The summed E-state index contributed by atoms with van der Waals surface area (Å²) in [5, 5.41) is 51.5. The van der Waals surface area contributed by atoms with Gasteiger partial charge in [-0.15, -0.1) is 0 Å². The number of nitrogens with zero attached hydrogens (tertiary/aromatic N) is 1. The zero-order valence-electron chi connectivity index (χ0n) is 19.7. The Kier molecular flexibility index (Phi) is 14.3. The molecule has 0 heterocycles. The molecule has 0 aliphatic rings. The highest BCUT2D eigenvalue weighted by molar-refractivity contribution is 5.94. The standard InChI is InChI=1S/C23H39N3O8/c1-2-3-4-5-11-26(13-18(28)20(30)21(31)19(29)14-27)12-10-25-22(32)17-8-6-16(7-9-17)15-34-23(24)33/h6-9,18-21,27-31H,2-5,10-15H2,1H3,(H2,24,33)(H,25,32)/t18-,19-,20-,21-/m1/s1. The van der Waals surface area contributed by atoms with Crippen LogP contribution in [-0.2, 0) is 11.3 Å². The number of aliphatic hydroxyl groups excluding tert-OH is 5. The Morgan fingerprint density at radius 1 is 1.00 bits per heavy atom. The number of hydrogen-bond acceptors (Lipinski definition) is 9. The topological polar surface area (TPSA) is 186 Å². The van der Waals surface area contributed by atoms with E-state index in [2.05, 4.69) is 12.2 Å². The van der Waals surface area contributed by atoms with E-state index in [1.54, 1.807) is 24.3 Å². The lowest BCUT2D eigenvalue weighted by molar-refractivity contribution is -0.119. The third kappa shape index (κ3) is 11.2. The van der Waals surface area contributed by atoms with Gasteiger partial charge in [-0.3, -0.25) is 9.69 Å². The van der Waals surface area contributed by atoms with E-state index in [4.69, 9.17) is 15.6 Å². The molecule has 0 aromatic heterocycles. The van der Waals surface area contributed by atoms with Crippen LogP contribution < -0.4 is 11.1 Å². The summed E-state index contributed by atoms with van der Waals surface area (Å²) >= 11 is 0. The largest absolute Gasteiger partial charge is 0.445 e. The zero-order chi connectivity index (χ0) is 25.5. The lowest BCUT2D eigenvalue weighted by atomic mass is 10.0. The molecule has 0 saturated carbocycles. The number of benzene rings is 1. The number of carbonyl (C=O) groups is 2. The lowest BCUT2D eigenvalue weighted by Gasteiger charge is -2.30. The number of ether oxygens (including phenoxy) is 1. The minimum absolute atomic E-state index is 0.0163. The Balaban J connectivity index is 2.60. The van der Waals surface area contributed by atoms with E-state index in [-0.39, 0.29) is 25.6 Å². The molecule has 0 unspecified atom stereocenters. The van der Waals surface area contributed by atoms with Crippen LogP contribution in [0.5, 0.6) is 0 Å². The Labute approximate surface area is 200 Å². The fourth-order valence-electron chi connectivity index (χ4n) is 3.33. The van der Waals surface area contributed by atoms with Gasteiger partial charge in [0.1, 0.15) is 24.9 Å². The fraction of sp³-hybridized carbons (Fsp3) is 0.652. The predicted octanol–water partition coefficient (Wildman–Crippen LogP) is -0.670. The molecule has 0 radical (unpaired) electrons. The van der Waals surface area contributed by atoms with Crippen molar-refractivity contribution in [2.45, 2.75) is 63.6 Å². The average molecular weight is 486 g/mol. The maximum absolute atomic E-state index is 12.4. The van der Waals surface area contributed by atoms with Crippen molar-refractivity contribution in [3.63, 3.8) is 0 Å². The summed E-state index contributed by atoms with van der Waals surface area (Å²) in [4.78, 5) is 25.0. The highest BCUT2D eigenvalue weighted by Gasteiger charge is 2.31. The maximum Gasteiger partial charge on any atom is 0.404 e. The van der Waals surface area contributed by atoms with E-state index in [1.165, 1.54) is 0 Å². The quantitative estimate of drug-likeness (QED) is 0.141. The molecule has 1 aromatic rings. The van der Waals surface area contributed by atoms with Gasteiger partial charge in [0.05, 0.1) is 12.7 Å². The Hall–Kier alpha value is -2.28. The number of amides is 2. The summed E-state index contributed by atoms with van der Waals surface area (Å²) in [6.07, 6.45) is -3.11. The molecule has 194 valence electrons. The first-order valence-corrected chi connectivity index (χ1v) is 11.5. The van der Waals surface area contributed by atoms with Crippen LogP contribution in [0.2, 0.25) is 0 Å². The van der Waals surface area contributed by atoms with E-state index < -0.39 is 37.1 Å². The molecule has 0 bridgehead atoms. The molecule has 8 N–H and O–H groups in total. The monoisotopic (exact) mass is 485 g/mol. The third-order valence-corrected chi connectivity index (χ3v) is 5.41. The number of nitrogens with two attached hydrogens (primary N) is 1. The third-order valence-electron chi connectivity index (χ3n) is 5.41. The van der Waals surface area contributed by atoms with Crippen molar-refractivity contribution in [3.05, 3.63) is 35.4 Å². The van der Waals surface area contributed by atoms with Crippen LogP contribution in [0.4, 0.5) is 4.79 Å². The second-order valence-electron chi connectivity index (χ2n) is 8.22. The van der Waals surface area contributed by atoms with Gasteiger partial charge in [-0.25, -0.2) is 4.79 Å². The summed E-state index contributed by atoms with van der Waals surface area (Å²) in [5.41, 5.74) is 6.05. The molecule has 0 fully saturated rings. The number of carbonyl (C=O) groups excluding carboxylic acids is 2. The second-order valence-corrected chi connectivity index (χ2v) is 8.22. The van der Waals surface area contributed by atoms with Crippen LogP contribution in [0.3, 0.4) is 0 Å². The van der Waals surface area contributed by atoms with Crippen LogP contribution in [0, 0.1) is 0 Å². The molecule has 0 aliphatic heterocycles. The summed E-state index contributed by atoms with van der Waals surface area (Å²) in [6.45, 7) is 2.69. The van der Waals surface area contributed by atoms with E-state index in [1.807, 2.05) is 4.90 Å². The van der Waals surface area contributed by atoms with Gasteiger partial charge in [-0.05, 0) is 30.7 Å². The van der Waals surface area contributed by atoms with Gasteiger partial charge in [0.2, 0.25) is 0 Å². The number of hydrogen-bond donors (Lipinski definition) is 7. The minimum Gasteiger partial charge on any atom is -0.445 e. The maximum atomic E-state index is 12.4. The smallest absolute Gasteiger partial charge is 0.404 e. The van der Waals surface area contributed by atoms with Crippen molar-refractivity contribution < 1.29 is 39.9 Å². The van der Waals surface area contributed by atoms with Crippen molar-refractivity contribution in [2.24, 2.45) is 5.73 Å². The Morgan fingerprint density at radius 2 is 1.65 bits per heavy atom. The summed E-state index contributed by atoms with van der Waals surface area (Å²) in [6, 6.07) is 6.51. The first kappa shape index (κ1) is 29.8. The van der Waals surface area contributed by atoms with Gasteiger partial charge >= 0.3 is 6.09 Å². The summed E-state index contributed by atoms with van der Waals surface area (Å²) in [7, 11) is 0. The molecule has 11 heteroatoms. The van der Waals surface area contributed by atoms with Gasteiger partial charge in [-0.2, -0.15) is 0 Å². The van der Waals surface area contributed by atoms with E-state index in [0.29, 0.717) is 24.2 Å². The number of rotatable bonds is 17. The van der Waals surface area contributed by atoms with Crippen LogP contribution in [0.1, 0.15) is 48.5 Å². The van der Waals surface area contributed by atoms with Gasteiger partial charge < -0.3 is 41.3 Å². The van der Waals surface area contributed by atoms with Crippen molar-refractivity contribution in [2.75, 3.05) is 32.8 Å². The molecule has 4 atom stereocenters. The molecular weight excluding hydrogens is 446 g/mol. The fourth-order valence-corrected chi connectivity index (χ4v) is 3.33. The number of unbranched alkanes of at least 4 members (excludes halogenated alkanes) is 3. The lowest BCUT2D eigenvalue weighted by Crippen LogP contribution is -2.50. The highest BCUT2D eigenvalue weighted by atomic mass is 16.5. The normalized spacial score (nSPS) is 14.9. The summed E-state index contributed by atoms with van der Waals surface area (Å²) in [5.74, 6) is -0.296. The number of primary amides is 1. The van der Waals surface area contributed by atoms with Crippen LogP contribution in [0.25, 0.3) is 0 Å². The molecule has 2 amide bonds. The summed E-state index contributed by atoms with van der Waals surface area (Å²) < 4.78 is 4.70. The average Bonchev–Trinajstić information content (AvgIpc) is 2.83. The van der Waals surface area contributed by atoms with Gasteiger partial charge in [0, 0.05) is 25.2 Å². The molecule has 0 saturated heterocycles. The van der Waals surface area contributed by atoms with Gasteiger partial charge in [0.15, 0.2) is 0 Å². The predicted molar refractivity (Wildman–Crippen MR) is 125 cm³/mol. The second kappa shape index (κ2) is 16.4. The molecule has 0 aliphatic carbocycles. The number of nitrogens with one attached hydrogen (secondary N) is 1. The SMILES string of the molecule is CCCCCCN(CCNC(=O)c1ccc(COC(N)=O)cc1)C[C@@H](O)[C@@H](O)[C@H](O)[C@H](O)CO. The molecule has 1 aromatic carbocycles. The van der Waals surface area contributed by atoms with E-state index in [9.17, 15) is 30.0 Å². The van der Waals surface area contributed by atoms with Crippen molar-refractivity contribution in [1.82, 2.24) is 10.2 Å². The molecule has 0 spiro atoms. The molecule has 11 nitrogen and oxygen atoms in total. The van der Waals surface area contributed by atoms with E-state index in [0.717, 1.165) is 25.7 Å². The first-order chi connectivity index (χ1) is 16.2. The van der Waals surface area contributed by atoms with Gasteiger partial charge in [-0.1, -0.05) is 38.3 Å². The first-order valence-electron chi connectivity index (χ1n) is 11.5. The Bertz CT molecular complexity index is 719. The molecular formula is C23H39N3O8. The molecule has 1 rings (SSSR count). The van der Waals surface area contributed by atoms with Crippen molar-refractivity contribution in [3.8, 4) is 0 Å². The van der Waals surface area contributed by atoms with Crippen LogP contribution in [-0.4, -0.2) is 99.6 Å². The highest BCUT2D eigenvalue weighted by Crippen LogP contribution is 2.09. The minimum atomic E-state index is -1.68. The Morgan fingerprint density at radius 3 is 2.24 bits per heavy atom. The van der Waals surface area contributed by atoms with Crippen molar-refractivity contribution >= 4 is 12.0 Å². The molecule has 34 heavy (non-hydrogen) atoms. The van der Waals surface area contributed by atoms with Gasteiger partial charge in [0.25, 0.3) is 5.91 Å². The van der Waals surface area contributed by atoms with Crippen molar-refractivity contribution in [1.29, 1.82) is 0 Å².